The summed E-state index contributed by atoms with van der Waals surface area (Å²) < 4.78 is 12.1. The van der Waals surface area contributed by atoms with Crippen LogP contribution in [-0.2, 0) is 11.3 Å². The zero-order chi connectivity index (χ0) is 23.7. The molecule has 3 heterocycles. The van der Waals surface area contributed by atoms with Crippen molar-refractivity contribution in [1.29, 1.82) is 0 Å². The maximum absolute atomic E-state index is 12.9. The number of piperidine rings is 1. The molecular weight excluding hydrogens is 456 g/mol. The number of nitrogens with one attached hydrogen (secondary N) is 1. The molecule has 5 rings (SSSR count). The molecule has 0 spiro atoms. The zero-order valence-electron chi connectivity index (χ0n) is 18.8. The molecule has 2 aliphatic heterocycles. The lowest BCUT2D eigenvalue weighted by molar-refractivity contribution is -0.125. The van der Waals surface area contributed by atoms with Crippen molar-refractivity contribution in [3.05, 3.63) is 75.0 Å². The molecule has 2 aliphatic rings. The van der Waals surface area contributed by atoms with Gasteiger partial charge in [0.05, 0.1) is 11.6 Å². The zero-order valence-corrected chi connectivity index (χ0v) is 19.5. The SMILES string of the molecule is Cc1ccc(-n2nc(N3CCC[C@@H](C(=O)NCc4ccc5c(c4)OCO5)C3)ccc2=O)cc1Cl. The molecule has 0 saturated carbocycles. The number of hydrogen-bond donors (Lipinski definition) is 1. The minimum absolute atomic E-state index is 0.000930. The molecule has 1 saturated heterocycles. The molecule has 1 N–H and O–H groups in total. The van der Waals surface area contributed by atoms with Gasteiger partial charge in [0.25, 0.3) is 5.56 Å². The Labute approximate surface area is 202 Å². The molecule has 0 unspecified atom stereocenters. The van der Waals surface area contributed by atoms with Gasteiger partial charge in [-0.05, 0) is 61.2 Å². The number of aromatic nitrogens is 2. The Kier molecular flexibility index (Phi) is 6.15. The van der Waals surface area contributed by atoms with E-state index in [0.29, 0.717) is 35.4 Å². The van der Waals surface area contributed by atoms with Gasteiger partial charge in [0.15, 0.2) is 11.5 Å². The second-order valence-electron chi connectivity index (χ2n) is 8.57. The number of ether oxygens (including phenoxy) is 2. The largest absolute Gasteiger partial charge is 0.454 e. The second kappa shape index (κ2) is 9.38. The van der Waals surface area contributed by atoms with Crippen LogP contribution < -0.4 is 25.2 Å². The predicted molar refractivity (Wildman–Crippen MR) is 129 cm³/mol. The van der Waals surface area contributed by atoms with E-state index >= 15 is 0 Å². The number of nitrogens with zero attached hydrogens (tertiary/aromatic N) is 3. The third kappa shape index (κ3) is 4.59. The Bertz CT molecular complexity index is 1290. The highest BCUT2D eigenvalue weighted by atomic mass is 35.5. The van der Waals surface area contributed by atoms with Gasteiger partial charge in [0.2, 0.25) is 12.7 Å². The Balaban J connectivity index is 1.27. The summed E-state index contributed by atoms with van der Waals surface area (Å²) in [6, 6.07) is 14.3. The first-order valence-corrected chi connectivity index (χ1v) is 11.6. The summed E-state index contributed by atoms with van der Waals surface area (Å²) in [7, 11) is 0. The molecule has 0 aliphatic carbocycles. The summed E-state index contributed by atoms with van der Waals surface area (Å²) in [6.07, 6.45) is 1.66. The van der Waals surface area contributed by atoms with E-state index in [-0.39, 0.29) is 24.2 Å². The number of fused-ring (bicyclic) bond motifs is 1. The number of rotatable bonds is 5. The lowest BCUT2D eigenvalue weighted by Gasteiger charge is -2.33. The van der Waals surface area contributed by atoms with Gasteiger partial charge in [-0.15, -0.1) is 5.10 Å². The fourth-order valence-corrected chi connectivity index (χ4v) is 4.43. The summed E-state index contributed by atoms with van der Waals surface area (Å²) in [6.45, 7) is 3.85. The van der Waals surface area contributed by atoms with E-state index in [1.807, 2.05) is 37.3 Å². The topological polar surface area (TPSA) is 85.7 Å². The Hall–Kier alpha value is -3.52. The van der Waals surface area contributed by atoms with Crippen molar-refractivity contribution >= 4 is 23.3 Å². The van der Waals surface area contributed by atoms with Crippen LogP contribution in [0.5, 0.6) is 11.5 Å². The van der Waals surface area contributed by atoms with Crippen molar-refractivity contribution in [2.45, 2.75) is 26.3 Å². The van der Waals surface area contributed by atoms with Crippen LogP contribution in [0.1, 0.15) is 24.0 Å². The Morgan fingerprint density at radius 2 is 2.00 bits per heavy atom. The van der Waals surface area contributed by atoms with Gasteiger partial charge < -0.3 is 19.7 Å². The van der Waals surface area contributed by atoms with Gasteiger partial charge in [-0.1, -0.05) is 23.7 Å². The van der Waals surface area contributed by atoms with E-state index in [0.717, 1.165) is 36.3 Å². The highest BCUT2D eigenvalue weighted by Gasteiger charge is 2.27. The first kappa shape index (κ1) is 22.3. The van der Waals surface area contributed by atoms with Crippen LogP contribution in [0.15, 0.2) is 53.3 Å². The van der Waals surface area contributed by atoms with Crippen LogP contribution in [-0.4, -0.2) is 35.6 Å². The molecule has 8 nitrogen and oxygen atoms in total. The Morgan fingerprint density at radius 3 is 2.85 bits per heavy atom. The molecule has 1 aromatic heterocycles. The molecule has 176 valence electrons. The number of benzene rings is 2. The third-order valence-corrected chi connectivity index (χ3v) is 6.61. The first-order valence-electron chi connectivity index (χ1n) is 11.3. The first-order chi connectivity index (χ1) is 16.5. The van der Waals surface area contributed by atoms with E-state index in [4.69, 9.17) is 21.1 Å². The van der Waals surface area contributed by atoms with Gasteiger partial charge in [0.1, 0.15) is 5.82 Å². The van der Waals surface area contributed by atoms with Crippen molar-refractivity contribution in [1.82, 2.24) is 15.1 Å². The van der Waals surface area contributed by atoms with E-state index in [1.54, 1.807) is 12.1 Å². The average Bonchev–Trinajstić information content (AvgIpc) is 3.33. The van der Waals surface area contributed by atoms with Crippen LogP contribution in [0.25, 0.3) is 5.69 Å². The quantitative estimate of drug-likeness (QED) is 0.602. The molecule has 34 heavy (non-hydrogen) atoms. The highest BCUT2D eigenvalue weighted by Crippen LogP contribution is 2.32. The Morgan fingerprint density at radius 1 is 1.15 bits per heavy atom. The number of carbonyl (C=O) groups is 1. The van der Waals surface area contributed by atoms with Crippen LogP contribution in [0.2, 0.25) is 5.02 Å². The molecule has 1 atom stereocenters. The molecule has 1 fully saturated rings. The van der Waals surface area contributed by atoms with Crippen molar-refractivity contribution in [3.63, 3.8) is 0 Å². The van der Waals surface area contributed by atoms with E-state index < -0.39 is 0 Å². The summed E-state index contributed by atoms with van der Waals surface area (Å²) >= 11 is 6.25. The minimum atomic E-state index is -0.237. The number of hydrogen-bond acceptors (Lipinski definition) is 6. The van der Waals surface area contributed by atoms with E-state index in [9.17, 15) is 9.59 Å². The summed E-state index contributed by atoms with van der Waals surface area (Å²) in [5.41, 5.74) is 2.26. The minimum Gasteiger partial charge on any atom is -0.454 e. The van der Waals surface area contributed by atoms with Crippen molar-refractivity contribution in [2.75, 3.05) is 24.8 Å². The second-order valence-corrected chi connectivity index (χ2v) is 8.97. The smallest absolute Gasteiger partial charge is 0.271 e. The van der Waals surface area contributed by atoms with Gasteiger partial charge in [-0.2, -0.15) is 4.68 Å². The highest BCUT2D eigenvalue weighted by molar-refractivity contribution is 6.31. The molecular formula is C25H25ClN4O4. The standard InChI is InChI=1S/C25H25ClN4O4/c1-16-4-6-19(12-20(16)26)30-24(31)9-8-23(28-30)29-10-2-3-18(14-29)25(32)27-13-17-5-7-21-22(11-17)34-15-33-21/h4-9,11-12,18H,2-3,10,13-15H2,1H3,(H,27,32)/t18-/m1/s1. The monoisotopic (exact) mass is 480 g/mol. The fourth-order valence-electron chi connectivity index (χ4n) is 4.25. The van der Waals surface area contributed by atoms with Gasteiger partial charge >= 0.3 is 0 Å². The number of carbonyl (C=O) groups excluding carboxylic acids is 1. The molecule has 2 aromatic carbocycles. The number of amides is 1. The number of halogens is 1. The summed E-state index contributed by atoms with van der Waals surface area (Å²) in [5.74, 6) is 1.91. The summed E-state index contributed by atoms with van der Waals surface area (Å²) in [4.78, 5) is 27.4. The lowest BCUT2D eigenvalue weighted by atomic mass is 9.97. The fraction of sp³-hybridized carbons (Fsp3) is 0.320. The van der Waals surface area contributed by atoms with Crippen LogP contribution >= 0.6 is 11.6 Å². The average molecular weight is 481 g/mol. The molecule has 9 heteroatoms. The lowest BCUT2D eigenvalue weighted by Crippen LogP contribution is -2.43. The van der Waals surface area contributed by atoms with E-state index in [1.165, 1.54) is 10.7 Å². The van der Waals surface area contributed by atoms with Crippen molar-refractivity contribution in [3.8, 4) is 17.2 Å². The van der Waals surface area contributed by atoms with Gasteiger partial charge in [0, 0.05) is 30.7 Å². The van der Waals surface area contributed by atoms with Crippen LogP contribution in [0.3, 0.4) is 0 Å². The predicted octanol–water partition coefficient (Wildman–Crippen LogP) is 3.46. The molecule has 3 aromatic rings. The van der Waals surface area contributed by atoms with Crippen molar-refractivity contribution < 1.29 is 14.3 Å². The van der Waals surface area contributed by atoms with Crippen LogP contribution in [0.4, 0.5) is 5.82 Å². The number of aryl methyl sites for hydroxylation is 1. The van der Waals surface area contributed by atoms with Gasteiger partial charge in [-0.25, -0.2) is 0 Å². The van der Waals surface area contributed by atoms with Crippen LogP contribution in [0, 0.1) is 12.8 Å². The van der Waals surface area contributed by atoms with Crippen molar-refractivity contribution in [2.24, 2.45) is 5.92 Å². The van der Waals surface area contributed by atoms with E-state index in [2.05, 4.69) is 15.3 Å². The maximum atomic E-state index is 12.9. The maximum Gasteiger partial charge on any atom is 0.271 e. The third-order valence-electron chi connectivity index (χ3n) is 6.21. The normalized spacial score (nSPS) is 17.0. The number of anilines is 1. The molecule has 0 radical (unpaired) electrons. The molecule has 0 bridgehead atoms. The van der Waals surface area contributed by atoms with Gasteiger partial charge in [-0.3, -0.25) is 9.59 Å². The summed E-state index contributed by atoms with van der Waals surface area (Å²) in [5, 5.41) is 8.19. The molecule has 1 amide bonds.